The van der Waals surface area contributed by atoms with E-state index >= 15 is 0 Å². The summed E-state index contributed by atoms with van der Waals surface area (Å²) >= 11 is 1.73. The van der Waals surface area contributed by atoms with E-state index in [1.54, 1.807) is 11.8 Å². The molecule has 0 amide bonds. The Hall–Kier alpha value is -1.45. The van der Waals surface area contributed by atoms with E-state index < -0.39 is 0 Å². The molecule has 2 aromatic rings. The predicted molar refractivity (Wildman–Crippen MR) is 86.5 cm³/mol. The molecule has 3 heteroatoms. The molecule has 0 radical (unpaired) electrons. The van der Waals surface area contributed by atoms with Crippen molar-refractivity contribution < 1.29 is 4.74 Å². The largest absolute Gasteiger partial charge is 0.491 e. The van der Waals surface area contributed by atoms with Gasteiger partial charge in [-0.1, -0.05) is 30.3 Å². The zero-order chi connectivity index (χ0) is 14.5. The molecule has 0 aliphatic heterocycles. The number of ether oxygens (including phenoxy) is 1. The molecule has 0 aliphatic rings. The van der Waals surface area contributed by atoms with Gasteiger partial charge in [0.05, 0.1) is 12.1 Å². The van der Waals surface area contributed by atoms with Crippen LogP contribution < -0.4 is 10.5 Å². The van der Waals surface area contributed by atoms with Crippen molar-refractivity contribution >= 4 is 11.8 Å². The van der Waals surface area contributed by atoms with Crippen molar-refractivity contribution in [3.8, 4) is 5.75 Å². The SMILES string of the molecule is CSc1ccccc1C(N)c1ccc(OC(C)C)cc1. The van der Waals surface area contributed by atoms with Crippen molar-refractivity contribution in [2.75, 3.05) is 6.26 Å². The number of hydrogen-bond donors (Lipinski definition) is 1. The van der Waals surface area contributed by atoms with Gasteiger partial charge < -0.3 is 10.5 Å². The maximum atomic E-state index is 6.39. The van der Waals surface area contributed by atoms with Crippen LogP contribution in [-0.4, -0.2) is 12.4 Å². The molecule has 2 nitrogen and oxygen atoms in total. The third kappa shape index (κ3) is 3.56. The minimum atomic E-state index is -0.105. The van der Waals surface area contributed by atoms with Gasteiger partial charge in [-0.3, -0.25) is 0 Å². The van der Waals surface area contributed by atoms with E-state index in [1.165, 1.54) is 4.90 Å². The molecule has 0 aromatic heterocycles. The highest BCUT2D eigenvalue weighted by molar-refractivity contribution is 7.98. The fourth-order valence-electron chi connectivity index (χ4n) is 2.13. The molecule has 1 unspecified atom stereocenters. The van der Waals surface area contributed by atoms with Gasteiger partial charge in [0.15, 0.2) is 0 Å². The van der Waals surface area contributed by atoms with E-state index in [-0.39, 0.29) is 12.1 Å². The molecule has 2 rings (SSSR count). The van der Waals surface area contributed by atoms with Crippen molar-refractivity contribution in [1.82, 2.24) is 0 Å². The Balaban J connectivity index is 2.22. The standard InChI is InChI=1S/C17H21NOS/c1-12(2)19-14-10-8-13(9-11-14)17(18)15-6-4-5-7-16(15)20-3/h4-12,17H,18H2,1-3H3. The van der Waals surface area contributed by atoms with Crippen LogP contribution in [0.25, 0.3) is 0 Å². The van der Waals surface area contributed by atoms with E-state index in [4.69, 9.17) is 10.5 Å². The molecule has 0 fully saturated rings. The first-order valence-corrected chi connectivity index (χ1v) is 7.99. The molecular formula is C17H21NOS. The number of rotatable bonds is 5. The molecule has 0 spiro atoms. The fraction of sp³-hybridized carbons (Fsp3) is 0.294. The van der Waals surface area contributed by atoms with E-state index in [1.807, 2.05) is 50.2 Å². The lowest BCUT2D eigenvalue weighted by atomic mass is 9.99. The zero-order valence-corrected chi connectivity index (χ0v) is 13.0. The Labute approximate surface area is 125 Å². The molecular weight excluding hydrogens is 266 g/mol. The second-order valence-electron chi connectivity index (χ2n) is 4.96. The second kappa shape index (κ2) is 6.82. The second-order valence-corrected chi connectivity index (χ2v) is 5.80. The van der Waals surface area contributed by atoms with Crippen LogP contribution in [0.3, 0.4) is 0 Å². The lowest BCUT2D eigenvalue weighted by Gasteiger charge is -2.17. The number of nitrogens with two attached hydrogens (primary N) is 1. The summed E-state index contributed by atoms with van der Waals surface area (Å²) in [6.45, 7) is 4.04. The average Bonchev–Trinajstić information content (AvgIpc) is 2.46. The van der Waals surface area contributed by atoms with Crippen LogP contribution >= 0.6 is 11.8 Å². The van der Waals surface area contributed by atoms with Crippen molar-refractivity contribution in [1.29, 1.82) is 0 Å². The minimum Gasteiger partial charge on any atom is -0.491 e. The Kier molecular flexibility index (Phi) is 5.10. The third-order valence-electron chi connectivity index (χ3n) is 3.08. The first-order chi connectivity index (χ1) is 9.61. The van der Waals surface area contributed by atoms with Gasteiger partial charge in [-0.15, -0.1) is 11.8 Å². The summed E-state index contributed by atoms with van der Waals surface area (Å²) in [5.74, 6) is 0.883. The van der Waals surface area contributed by atoms with Crippen LogP contribution in [0.1, 0.15) is 31.0 Å². The van der Waals surface area contributed by atoms with Gasteiger partial charge in [0.2, 0.25) is 0 Å². The highest BCUT2D eigenvalue weighted by Gasteiger charge is 2.12. The monoisotopic (exact) mass is 287 g/mol. The molecule has 0 saturated heterocycles. The van der Waals surface area contributed by atoms with E-state index in [0.717, 1.165) is 16.9 Å². The van der Waals surface area contributed by atoms with Crippen LogP contribution in [0.5, 0.6) is 5.75 Å². The Morgan fingerprint density at radius 1 is 1.00 bits per heavy atom. The molecule has 0 heterocycles. The lowest BCUT2D eigenvalue weighted by molar-refractivity contribution is 0.242. The molecule has 2 aromatic carbocycles. The van der Waals surface area contributed by atoms with Gasteiger partial charge in [-0.2, -0.15) is 0 Å². The Morgan fingerprint density at radius 2 is 1.65 bits per heavy atom. The van der Waals surface area contributed by atoms with Gasteiger partial charge >= 0.3 is 0 Å². The maximum absolute atomic E-state index is 6.39. The fourth-order valence-corrected chi connectivity index (χ4v) is 2.77. The minimum absolute atomic E-state index is 0.105. The molecule has 106 valence electrons. The van der Waals surface area contributed by atoms with Crippen molar-refractivity contribution in [3.63, 3.8) is 0 Å². The molecule has 20 heavy (non-hydrogen) atoms. The van der Waals surface area contributed by atoms with Crippen molar-refractivity contribution in [2.24, 2.45) is 5.73 Å². The molecule has 0 aliphatic carbocycles. The Bertz CT molecular complexity index is 551. The molecule has 1 atom stereocenters. The maximum Gasteiger partial charge on any atom is 0.119 e. The number of benzene rings is 2. The molecule has 2 N–H and O–H groups in total. The van der Waals surface area contributed by atoms with Crippen molar-refractivity contribution in [2.45, 2.75) is 30.9 Å². The zero-order valence-electron chi connectivity index (χ0n) is 12.2. The first-order valence-electron chi connectivity index (χ1n) is 6.77. The summed E-state index contributed by atoms with van der Waals surface area (Å²) in [5.41, 5.74) is 8.65. The van der Waals surface area contributed by atoms with Gasteiger partial charge in [0.25, 0.3) is 0 Å². The smallest absolute Gasteiger partial charge is 0.119 e. The summed E-state index contributed by atoms with van der Waals surface area (Å²) in [6.07, 6.45) is 2.26. The van der Waals surface area contributed by atoms with Gasteiger partial charge in [0, 0.05) is 4.90 Å². The topological polar surface area (TPSA) is 35.2 Å². The Morgan fingerprint density at radius 3 is 2.25 bits per heavy atom. The normalized spacial score (nSPS) is 12.4. The van der Waals surface area contributed by atoms with Crippen LogP contribution in [0.4, 0.5) is 0 Å². The average molecular weight is 287 g/mol. The third-order valence-corrected chi connectivity index (χ3v) is 3.90. The molecule has 0 bridgehead atoms. The number of hydrogen-bond acceptors (Lipinski definition) is 3. The summed E-state index contributed by atoms with van der Waals surface area (Å²) < 4.78 is 5.65. The van der Waals surface area contributed by atoms with Crippen LogP contribution in [-0.2, 0) is 0 Å². The summed E-state index contributed by atoms with van der Waals surface area (Å²) in [4.78, 5) is 1.22. The summed E-state index contributed by atoms with van der Waals surface area (Å²) in [6, 6.07) is 16.2. The van der Waals surface area contributed by atoms with Gasteiger partial charge in [-0.05, 0) is 49.4 Å². The lowest BCUT2D eigenvalue weighted by Crippen LogP contribution is -2.13. The predicted octanol–water partition coefficient (Wildman–Crippen LogP) is 4.24. The van der Waals surface area contributed by atoms with Crippen LogP contribution in [0, 0.1) is 0 Å². The van der Waals surface area contributed by atoms with E-state index in [9.17, 15) is 0 Å². The van der Waals surface area contributed by atoms with Crippen LogP contribution in [0.2, 0.25) is 0 Å². The molecule has 0 saturated carbocycles. The highest BCUT2D eigenvalue weighted by atomic mass is 32.2. The van der Waals surface area contributed by atoms with Gasteiger partial charge in [-0.25, -0.2) is 0 Å². The quantitative estimate of drug-likeness (QED) is 0.835. The number of thioether (sulfide) groups is 1. The summed E-state index contributed by atoms with van der Waals surface area (Å²) in [7, 11) is 0. The van der Waals surface area contributed by atoms with Gasteiger partial charge in [0.1, 0.15) is 5.75 Å². The van der Waals surface area contributed by atoms with E-state index in [2.05, 4.69) is 18.4 Å². The van der Waals surface area contributed by atoms with E-state index in [0.29, 0.717) is 0 Å². The van der Waals surface area contributed by atoms with Crippen molar-refractivity contribution in [3.05, 3.63) is 59.7 Å². The van der Waals surface area contributed by atoms with Crippen LogP contribution in [0.15, 0.2) is 53.4 Å². The summed E-state index contributed by atoms with van der Waals surface area (Å²) in [5, 5.41) is 0. The highest BCUT2D eigenvalue weighted by Crippen LogP contribution is 2.29. The first kappa shape index (κ1) is 14.9.